The van der Waals surface area contributed by atoms with Gasteiger partial charge >= 0.3 is 0 Å². The highest BCUT2D eigenvalue weighted by Gasteiger charge is 2.32. The molecule has 1 aromatic rings. The summed E-state index contributed by atoms with van der Waals surface area (Å²) >= 11 is 0. The molecule has 0 radical (unpaired) electrons. The molecule has 1 fully saturated rings. The number of hydrogen-bond donors (Lipinski definition) is 1. The van der Waals surface area contributed by atoms with E-state index in [1.54, 1.807) is 0 Å². The van der Waals surface area contributed by atoms with Crippen molar-refractivity contribution >= 4 is 0 Å². The van der Waals surface area contributed by atoms with Crippen LogP contribution in [0.2, 0.25) is 0 Å². The summed E-state index contributed by atoms with van der Waals surface area (Å²) in [5.74, 6) is 0. The zero-order valence-electron chi connectivity index (χ0n) is 6.67. The van der Waals surface area contributed by atoms with Crippen LogP contribution >= 0.6 is 0 Å². The Hall–Kier alpha value is -0.890. The molecule has 0 aromatic carbocycles. The maximum atomic E-state index is 4.09. The predicted octanol–water partition coefficient (Wildman–Crippen LogP) is 1.29. The highest BCUT2D eigenvalue weighted by Crippen LogP contribution is 2.29. The molecule has 1 N–H and O–H groups in total. The van der Waals surface area contributed by atoms with E-state index >= 15 is 0 Å². The van der Waals surface area contributed by atoms with Gasteiger partial charge in [-0.15, -0.1) is 0 Å². The zero-order chi connectivity index (χ0) is 7.73. The van der Waals surface area contributed by atoms with Gasteiger partial charge in [-0.3, -0.25) is 4.98 Å². The quantitative estimate of drug-likeness (QED) is 0.649. The Balaban J connectivity index is 2.29. The molecule has 2 rings (SSSR count). The molecule has 11 heavy (non-hydrogen) atoms. The summed E-state index contributed by atoms with van der Waals surface area (Å²) in [6.07, 6.45) is 4.97. The molecule has 1 aromatic heterocycles. The minimum Gasteiger partial charge on any atom is -0.307 e. The van der Waals surface area contributed by atoms with E-state index in [2.05, 4.69) is 23.3 Å². The second-order valence-corrected chi connectivity index (χ2v) is 3.25. The number of nitrogens with one attached hydrogen (secondary N) is 1. The van der Waals surface area contributed by atoms with Crippen LogP contribution in [-0.4, -0.2) is 11.5 Å². The Bertz CT molecular complexity index is 239. The Kier molecular flexibility index (Phi) is 1.43. The molecular weight excluding hydrogens is 136 g/mol. The monoisotopic (exact) mass is 148 g/mol. The minimum absolute atomic E-state index is 0.203. The first-order valence-corrected chi connectivity index (χ1v) is 3.97. The Morgan fingerprint density at radius 1 is 1.64 bits per heavy atom. The van der Waals surface area contributed by atoms with Crippen LogP contribution in [0.5, 0.6) is 0 Å². The van der Waals surface area contributed by atoms with E-state index in [4.69, 9.17) is 0 Å². The lowest BCUT2D eigenvalue weighted by Gasteiger charge is -2.40. The van der Waals surface area contributed by atoms with Gasteiger partial charge in [-0.1, -0.05) is 6.07 Å². The molecule has 1 atom stereocenters. The number of nitrogens with zero attached hydrogens (tertiary/aromatic N) is 1. The van der Waals surface area contributed by atoms with E-state index in [9.17, 15) is 0 Å². The van der Waals surface area contributed by atoms with Crippen molar-refractivity contribution in [3.63, 3.8) is 0 Å². The standard InChI is InChI=1S/C9H12N2/c1-9(4-6-11-9)8-3-2-5-10-7-8/h2-3,5,7,11H,4,6H2,1H3/t9-/m0/s1. The summed E-state index contributed by atoms with van der Waals surface area (Å²) in [6, 6.07) is 4.11. The molecule has 2 heterocycles. The molecule has 0 unspecified atom stereocenters. The van der Waals surface area contributed by atoms with E-state index in [1.165, 1.54) is 12.0 Å². The maximum Gasteiger partial charge on any atom is 0.0433 e. The number of aromatic nitrogens is 1. The number of rotatable bonds is 1. The Labute approximate surface area is 66.7 Å². The lowest BCUT2D eigenvalue weighted by molar-refractivity contribution is 0.236. The fraction of sp³-hybridized carbons (Fsp3) is 0.444. The van der Waals surface area contributed by atoms with Gasteiger partial charge in [-0.2, -0.15) is 0 Å². The van der Waals surface area contributed by atoms with E-state index in [1.807, 2.05) is 18.5 Å². The molecule has 2 nitrogen and oxygen atoms in total. The van der Waals surface area contributed by atoms with Gasteiger partial charge in [-0.05, 0) is 31.5 Å². The lowest BCUT2D eigenvalue weighted by atomic mass is 9.84. The lowest BCUT2D eigenvalue weighted by Crippen LogP contribution is -2.51. The summed E-state index contributed by atoms with van der Waals surface area (Å²) in [7, 11) is 0. The summed E-state index contributed by atoms with van der Waals surface area (Å²) in [5, 5.41) is 3.40. The van der Waals surface area contributed by atoms with Crippen LogP contribution < -0.4 is 5.32 Å². The highest BCUT2D eigenvalue weighted by molar-refractivity contribution is 5.22. The molecular formula is C9H12N2. The van der Waals surface area contributed by atoms with E-state index in [0.29, 0.717) is 0 Å². The smallest absolute Gasteiger partial charge is 0.0433 e. The summed E-state index contributed by atoms with van der Waals surface area (Å²) < 4.78 is 0. The van der Waals surface area contributed by atoms with Gasteiger partial charge in [0.1, 0.15) is 0 Å². The number of hydrogen-bond acceptors (Lipinski definition) is 2. The van der Waals surface area contributed by atoms with Crippen molar-refractivity contribution in [2.75, 3.05) is 6.54 Å². The molecule has 2 heteroatoms. The average molecular weight is 148 g/mol. The summed E-state index contributed by atoms with van der Waals surface area (Å²) in [6.45, 7) is 3.35. The minimum atomic E-state index is 0.203. The van der Waals surface area contributed by atoms with Crippen molar-refractivity contribution in [3.8, 4) is 0 Å². The van der Waals surface area contributed by atoms with Crippen molar-refractivity contribution in [1.82, 2.24) is 10.3 Å². The molecule has 0 bridgehead atoms. The molecule has 1 saturated heterocycles. The largest absolute Gasteiger partial charge is 0.307 e. The van der Waals surface area contributed by atoms with Crippen LogP contribution in [0.1, 0.15) is 18.9 Å². The molecule has 0 spiro atoms. The normalized spacial score (nSPS) is 29.5. The van der Waals surface area contributed by atoms with Crippen molar-refractivity contribution < 1.29 is 0 Å². The average Bonchev–Trinajstić information content (AvgIpc) is 2.02. The zero-order valence-corrected chi connectivity index (χ0v) is 6.67. The van der Waals surface area contributed by atoms with Gasteiger partial charge in [-0.25, -0.2) is 0 Å². The van der Waals surface area contributed by atoms with Crippen LogP contribution in [0.4, 0.5) is 0 Å². The third-order valence-corrected chi connectivity index (χ3v) is 2.44. The van der Waals surface area contributed by atoms with Crippen molar-refractivity contribution in [2.45, 2.75) is 18.9 Å². The van der Waals surface area contributed by atoms with E-state index in [-0.39, 0.29) is 5.54 Å². The fourth-order valence-electron chi connectivity index (χ4n) is 1.44. The van der Waals surface area contributed by atoms with Gasteiger partial charge in [0.15, 0.2) is 0 Å². The number of pyridine rings is 1. The first-order chi connectivity index (χ1) is 5.31. The third kappa shape index (κ3) is 1.03. The summed E-state index contributed by atoms with van der Waals surface area (Å²) in [5.41, 5.74) is 1.50. The fourth-order valence-corrected chi connectivity index (χ4v) is 1.44. The van der Waals surface area contributed by atoms with Crippen LogP contribution in [0.25, 0.3) is 0 Å². The van der Waals surface area contributed by atoms with Crippen LogP contribution in [0.15, 0.2) is 24.5 Å². The maximum absolute atomic E-state index is 4.09. The second-order valence-electron chi connectivity index (χ2n) is 3.25. The van der Waals surface area contributed by atoms with Gasteiger partial charge in [0.25, 0.3) is 0 Å². The molecule has 58 valence electrons. The van der Waals surface area contributed by atoms with Crippen LogP contribution in [-0.2, 0) is 5.54 Å². The van der Waals surface area contributed by atoms with Gasteiger partial charge in [0.05, 0.1) is 0 Å². The third-order valence-electron chi connectivity index (χ3n) is 2.44. The van der Waals surface area contributed by atoms with Gasteiger partial charge in [0, 0.05) is 17.9 Å². The topological polar surface area (TPSA) is 24.9 Å². The van der Waals surface area contributed by atoms with Gasteiger partial charge < -0.3 is 5.32 Å². The van der Waals surface area contributed by atoms with Crippen molar-refractivity contribution in [2.24, 2.45) is 0 Å². The Morgan fingerprint density at radius 2 is 2.45 bits per heavy atom. The first kappa shape index (κ1) is 6.80. The summed E-state index contributed by atoms with van der Waals surface area (Å²) in [4.78, 5) is 4.09. The first-order valence-electron chi connectivity index (χ1n) is 3.97. The SMILES string of the molecule is C[C@@]1(c2cccnc2)CCN1. The Morgan fingerprint density at radius 3 is 2.91 bits per heavy atom. The van der Waals surface area contributed by atoms with Crippen molar-refractivity contribution in [1.29, 1.82) is 0 Å². The molecule has 0 aliphatic carbocycles. The molecule has 1 aliphatic rings. The molecule has 0 amide bonds. The van der Waals surface area contributed by atoms with E-state index < -0.39 is 0 Å². The van der Waals surface area contributed by atoms with Crippen LogP contribution in [0, 0.1) is 0 Å². The molecule has 0 saturated carbocycles. The predicted molar refractivity (Wildman–Crippen MR) is 44.2 cm³/mol. The molecule has 1 aliphatic heterocycles. The van der Waals surface area contributed by atoms with Crippen LogP contribution in [0.3, 0.4) is 0 Å². The van der Waals surface area contributed by atoms with Gasteiger partial charge in [0.2, 0.25) is 0 Å². The second kappa shape index (κ2) is 2.31. The van der Waals surface area contributed by atoms with E-state index in [0.717, 1.165) is 6.54 Å². The van der Waals surface area contributed by atoms with Crippen molar-refractivity contribution in [3.05, 3.63) is 30.1 Å². The highest BCUT2D eigenvalue weighted by atomic mass is 15.0.